The van der Waals surface area contributed by atoms with E-state index in [1.165, 1.54) is 0 Å². The highest BCUT2D eigenvalue weighted by Crippen LogP contribution is 2.29. The maximum absolute atomic E-state index is 12.1. The minimum absolute atomic E-state index is 0.0911. The molecule has 2 rings (SSSR count). The fourth-order valence-corrected chi connectivity index (χ4v) is 2.36. The first-order valence-electron chi connectivity index (χ1n) is 6.57. The molecular weight excluding hydrogens is 244 g/mol. The van der Waals surface area contributed by atoms with E-state index in [0.29, 0.717) is 26.1 Å². The summed E-state index contributed by atoms with van der Waals surface area (Å²) in [5.74, 6) is 0.0911. The molecule has 0 aliphatic carbocycles. The summed E-state index contributed by atoms with van der Waals surface area (Å²) in [6, 6.07) is -0.111. The zero-order chi connectivity index (χ0) is 14.0. The lowest BCUT2D eigenvalue weighted by Crippen LogP contribution is -2.51. The zero-order valence-electron chi connectivity index (χ0n) is 11.8. The summed E-state index contributed by atoms with van der Waals surface area (Å²) in [7, 11) is 1.87. The Balaban J connectivity index is 2.10. The number of hydrogen-bond acceptors (Lipinski definition) is 4. The van der Waals surface area contributed by atoms with E-state index in [9.17, 15) is 4.79 Å². The van der Waals surface area contributed by atoms with Gasteiger partial charge in [0.25, 0.3) is 0 Å². The summed E-state index contributed by atoms with van der Waals surface area (Å²) in [6.45, 7) is 5.55. The summed E-state index contributed by atoms with van der Waals surface area (Å²) in [5, 5.41) is 4.17. The second kappa shape index (κ2) is 5.30. The molecule has 2 N–H and O–H groups in total. The quantitative estimate of drug-likeness (QED) is 0.850. The third-order valence-electron chi connectivity index (χ3n) is 3.44. The van der Waals surface area contributed by atoms with Gasteiger partial charge in [-0.15, -0.1) is 0 Å². The van der Waals surface area contributed by atoms with E-state index in [0.717, 1.165) is 5.56 Å². The van der Waals surface area contributed by atoms with E-state index < -0.39 is 5.60 Å². The van der Waals surface area contributed by atoms with Gasteiger partial charge in [0.05, 0.1) is 19.3 Å². The number of ether oxygens (including phenoxy) is 1. The molecule has 1 amide bonds. The standard InChI is InChI=1S/C13H22N4O2/c1-10(14)6-12(18)17-4-5-19-13(2,9-17)11-7-15-16(3)8-11/h7-8,10H,4-6,9,14H2,1-3H3. The predicted octanol–water partition coefficient (Wildman–Crippen LogP) is 0.231. The molecule has 1 aliphatic rings. The van der Waals surface area contributed by atoms with Gasteiger partial charge in [0, 0.05) is 37.8 Å². The van der Waals surface area contributed by atoms with Gasteiger partial charge in [-0.05, 0) is 13.8 Å². The van der Waals surface area contributed by atoms with Gasteiger partial charge in [-0.1, -0.05) is 0 Å². The van der Waals surface area contributed by atoms with E-state index in [2.05, 4.69) is 5.10 Å². The van der Waals surface area contributed by atoms with Crippen LogP contribution in [0, 0.1) is 0 Å². The van der Waals surface area contributed by atoms with Gasteiger partial charge in [-0.2, -0.15) is 5.10 Å². The monoisotopic (exact) mass is 266 g/mol. The van der Waals surface area contributed by atoms with Crippen molar-refractivity contribution in [2.45, 2.75) is 31.9 Å². The van der Waals surface area contributed by atoms with Crippen LogP contribution in [0.5, 0.6) is 0 Å². The Bertz CT molecular complexity index is 457. The van der Waals surface area contributed by atoms with Crippen molar-refractivity contribution in [3.63, 3.8) is 0 Å². The van der Waals surface area contributed by atoms with Crippen molar-refractivity contribution in [1.29, 1.82) is 0 Å². The van der Waals surface area contributed by atoms with E-state index >= 15 is 0 Å². The van der Waals surface area contributed by atoms with E-state index in [-0.39, 0.29) is 11.9 Å². The summed E-state index contributed by atoms with van der Waals surface area (Å²) in [6.07, 6.45) is 4.10. The van der Waals surface area contributed by atoms with Gasteiger partial charge in [0.2, 0.25) is 5.91 Å². The number of aryl methyl sites for hydroxylation is 1. The fraction of sp³-hybridized carbons (Fsp3) is 0.692. The molecule has 106 valence electrons. The minimum Gasteiger partial charge on any atom is -0.367 e. The second-order valence-electron chi connectivity index (χ2n) is 5.48. The molecule has 2 atom stereocenters. The van der Waals surface area contributed by atoms with Crippen molar-refractivity contribution >= 4 is 5.91 Å². The van der Waals surface area contributed by atoms with Crippen LogP contribution >= 0.6 is 0 Å². The summed E-state index contributed by atoms with van der Waals surface area (Å²) >= 11 is 0. The molecule has 0 spiro atoms. The molecule has 1 aromatic heterocycles. The highest BCUT2D eigenvalue weighted by atomic mass is 16.5. The van der Waals surface area contributed by atoms with Gasteiger partial charge < -0.3 is 15.4 Å². The molecule has 2 heterocycles. The Hall–Kier alpha value is -1.40. The van der Waals surface area contributed by atoms with Crippen LogP contribution in [0.25, 0.3) is 0 Å². The maximum Gasteiger partial charge on any atom is 0.224 e. The Morgan fingerprint density at radius 2 is 2.42 bits per heavy atom. The number of nitrogens with zero attached hydrogens (tertiary/aromatic N) is 3. The van der Waals surface area contributed by atoms with Crippen molar-refractivity contribution in [2.24, 2.45) is 12.8 Å². The Morgan fingerprint density at radius 3 is 3.00 bits per heavy atom. The largest absolute Gasteiger partial charge is 0.367 e. The number of aromatic nitrogens is 2. The number of morpholine rings is 1. The molecule has 1 aromatic rings. The van der Waals surface area contributed by atoms with Gasteiger partial charge in [-0.25, -0.2) is 0 Å². The van der Waals surface area contributed by atoms with Gasteiger partial charge >= 0.3 is 0 Å². The Labute approximate surface area is 113 Å². The maximum atomic E-state index is 12.1. The molecule has 1 fully saturated rings. The lowest BCUT2D eigenvalue weighted by atomic mass is 9.96. The van der Waals surface area contributed by atoms with E-state index in [1.807, 2.05) is 32.0 Å². The summed E-state index contributed by atoms with van der Waals surface area (Å²) in [4.78, 5) is 13.9. The average molecular weight is 266 g/mol. The SMILES string of the molecule is CC(N)CC(=O)N1CCOC(C)(c2cnn(C)c2)C1. The Kier molecular flexibility index (Phi) is 3.91. The number of nitrogens with two attached hydrogens (primary N) is 1. The van der Waals surface area contributed by atoms with Crippen molar-refractivity contribution < 1.29 is 9.53 Å². The third kappa shape index (κ3) is 3.13. The predicted molar refractivity (Wildman–Crippen MR) is 71.4 cm³/mol. The van der Waals surface area contributed by atoms with Gasteiger partial charge in [-0.3, -0.25) is 9.48 Å². The van der Waals surface area contributed by atoms with Gasteiger partial charge in [0.15, 0.2) is 0 Å². The van der Waals surface area contributed by atoms with Crippen LogP contribution in [0.15, 0.2) is 12.4 Å². The second-order valence-corrected chi connectivity index (χ2v) is 5.48. The van der Waals surface area contributed by atoms with Crippen molar-refractivity contribution in [3.8, 4) is 0 Å². The zero-order valence-corrected chi connectivity index (χ0v) is 11.8. The van der Waals surface area contributed by atoms with Crippen LogP contribution in [-0.2, 0) is 22.2 Å². The smallest absolute Gasteiger partial charge is 0.224 e. The first-order chi connectivity index (χ1) is 8.90. The minimum atomic E-state index is -0.486. The number of rotatable bonds is 3. The van der Waals surface area contributed by atoms with Crippen molar-refractivity contribution in [1.82, 2.24) is 14.7 Å². The topological polar surface area (TPSA) is 73.4 Å². The molecule has 0 bridgehead atoms. The molecule has 19 heavy (non-hydrogen) atoms. The Morgan fingerprint density at radius 1 is 1.68 bits per heavy atom. The van der Waals surface area contributed by atoms with Crippen molar-refractivity contribution in [3.05, 3.63) is 18.0 Å². The first kappa shape index (κ1) is 14.0. The molecule has 0 radical (unpaired) electrons. The molecular formula is C13H22N4O2. The molecule has 6 heteroatoms. The molecule has 2 unspecified atom stereocenters. The summed E-state index contributed by atoms with van der Waals surface area (Å²) < 4.78 is 7.61. The lowest BCUT2D eigenvalue weighted by molar-refractivity contribution is -0.149. The highest BCUT2D eigenvalue weighted by Gasteiger charge is 2.36. The number of carbonyl (C=O) groups is 1. The number of carbonyl (C=O) groups excluding carboxylic acids is 1. The van der Waals surface area contributed by atoms with E-state index in [4.69, 9.17) is 10.5 Å². The molecule has 1 aliphatic heterocycles. The summed E-state index contributed by atoms with van der Waals surface area (Å²) in [5.41, 5.74) is 6.20. The first-order valence-corrected chi connectivity index (χ1v) is 6.57. The third-order valence-corrected chi connectivity index (χ3v) is 3.44. The van der Waals surface area contributed by atoms with Crippen LogP contribution < -0.4 is 5.73 Å². The van der Waals surface area contributed by atoms with Crippen LogP contribution in [0.3, 0.4) is 0 Å². The van der Waals surface area contributed by atoms with Crippen LogP contribution in [0.2, 0.25) is 0 Å². The van der Waals surface area contributed by atoms with Crippen molar-refractivity contribution in [2.75, 3.05) is 19.7 Å². The fourth-order valence-electron chi connectivity index (χ4n) is 2.36. The average Bonchev–Trinajstić information content (AvgIpc) is 2.76. The van der Waals surface area contributed by atoms with Gasteiger partial charge in [0.1, 0.15) is 5.60 Å². The van der Waals surface area contributed by atoms with Crippen LogP contribution in [-0.4, -0.2) is 46.3 Å². The van der Waals surface area contributed by atoms with Crippen LogP contribution in [0.1, 0.15) is 25.8 Å². The molecule has 1 saturated heterocycles. The number of hydrogen-bond donors (Lipinski definition) is 1. The van der Waals surface area contributed by atoms with Crippen LogP contribution in [0.4, 0.5) is 0 Å². The lowest BCUT2D eigenvalue weighted by Gasteiger charge is -2.40. The molecule has 0 saturated carbocycles. The van der Waals surface area contributed by atoms with E-state index in [1.54, 1.807) is 10.9 Å². The molecule has 0 aromatic carbocycles. The molecule has 6 nitrogen and oxygen atoms in total. The number of amides is 1. The normalized spacial score (nSPS) is 25.4. The highest BCUT2D eigenvalue weighted by molar-refractivity contribution is 5.77.